The predicted molar refractivity (Wildman–Crippen MR) is 76.3 cm³/mol. The van der Waals surface area contributed by atoms with E-state index in [2.05, 4.69) is 10.2 Å². The lowest BCUT2D eigenvalue weighted by Gasteiger charge is -2.14. The van der Waals surface area contributed by atoms with Crippen LogP contribution in [0.1, 0.15) is 18.4 Å². The van der Waals surface area contributed by atoms with Crippen molar-refractivity contribution < 1.29 is 14.6 Å². The third kappa shape index (κ3) is 5.19. The van der Waals surface area contributed by atoms with Gasteiger partial charge in [-0.3, -0.25) is 0 Å². The van der Waals surface area contributed by atoms with Gasteiger partial charge in [0.05, 0.1) is 6.10 Å². The number of β-amino-alcohol motifs (C(OH)–C–C–N with tert-alkyl or cyclic N) is 1. The number of hydrogen-bond acceptors (Lipinski definition) is 4. The van der Waals surface area contributed by atoms with E-state index in [0.717, 1.165) is 38.0 Å². The van der Waals surface area contributed by atoms with Gasteiger partial charge in [0, 0.05) is 19.6 Å². The molecule has 5 nitrogen and oxygen atoms in total. The number of carbonyl (C=O) groups excluding carboxylic acids is 1. The summed E-state index contributed by atoms with van der Waals surface area (Å²) in [7, 11) is 0. The summed E-state index contributed by atoms with van der Waals surface area (Å²) in [5.41, 5.74) is 0.980. The van der Waals surface area contributed by atoms with Crippen LogP contribution in [0.2, 0.25) is 0 Å². The van der Waals surface area contributed by atoms with E-state index < -0.39 is 0 Å². The van der Waals surface area contributed by atoms with Crippen LogP contribution in [0.3, 0.4) is 0 Å². The van der Waals surface area contributed by atoms with Crippen molar-refractivity contribution in [2.45, 2.75) is 25.6 Å². The van der Waals surface area contributed by atoms with Crippen LogP contribution in [-0.4, -0.2) is 48.4 Å². The van der Waals surface area contributed by atoms with Gasteiger partial charge in [0.2, 0.25) is 0 Å². The number of rotatable bonds is 6. The fourth-order valence-electron chi connectivity index (χ4n) is 2.28. The molecule has 20 heavy (non-hydrogen) atoms. The van der Waals surface area contributed by atoms with Crippen molar-refractivity contribution >= 4 is 6.09 Å². The number of carbonyl (C=O) groups is 1. The molecule has 1 saturated heterocycles. The van der Waals surface area contributed by atoms with Gasteiger partial charge in [-0.25, -0.2) is 4.79 Å². The Morgan fingerprint density at radius 1 is 1.40 bits per heavy atom. The van der Waals surface area contributed by atoms with E-state index in [1.54, 1.807) is 0 Å². The summed E-state index contributed by atoms with van der Waals surface area (Å²) >= 11 is 0. The van der Waals surface area contributed by atoms with Crippen LogP contribution < -0.4 is 5.32 Å². The quantitative estimate of drug-likeness (QED) is 0.772. The van der Waals surface area contributed by atoms with E-state index >= 15 is 0 Å². The fraction of sp³-hybridized carbons (Fsp3) is 0.533. The molecule has 0 unspecified atom stereocenters. The van der Waals surface area contributed by atoms with Crippen molar-refractivity contribution in [1.29, 1.82) is 0 Å². The van der Waals surface area contributed by atoms with Crippen LogP contribution in [0.25, 0.3) is 0 Å². The van der Waals surface area contributed by atoms with Crippen LogP contribution in [0.5, 0.6) is 0 Å². The molecule has 1 aliphatic rings. The zero-order chi connectivity index (χ0) is 14.2. The number of aliphatic hydroxyl groups is 1. The minimum absolute atomic E-state index is 0.182. The molecular formula is C15H22N2O3. The third-order valence-corrected chi connectivity index (χ3v) is 3.38. The van der Waals surface area contributed by atoms with E-state index in [9.17, 15) is 9.90 Å². The summed E-state index contributed by atoms with van der Waals surface area (Å²) in [6.45, 7) is 3.49. The third-order valence-electron chi connectivity index (χ3n) is 3.38. The zero-order valence-corrected chi connectivity index (χ0v) is 11.6. The van der Waals surface area contributed by atoms with Crippen molar-refractivity contribution in [3.05, 3.63) is 35.9 Å². The van der Waals surface area contributed by atoms with Crippen LogP contribution in [0, 0.1) is 0 Å². The maximum absolute atomic E-state index is 11.5. The molecule has 0 saturated carbocycles. The number of nitrogens with zero attached hydrogens (tertiary/aromatic N) is 1. The molecule has 1 aromatic rings. The number of aliphatic hydroxyl groups excluding tert-OH is 1. The minimum atomic E-state index is -0.379. The number of ether oxygens (including phenoxy) is 1. The Balaban J connectivity index is 1.52. The molecule has 0 aromatic heterocycles. The van der Waals surface area contributed by atoms with Crippen molar-refractivity contribution in [2.75, 3.05) is 26.2 Å². The van der Waals surface area contributed by atoms with Gasteiger partial charge in [0.25, 0.3) is 0 Å². The Hall–Kier alpha value is -1.59. The lowest BCUT2D eigenvalue weighted by Crippen LogP contribution is -2.29. The number of alkyl carbamates (subject to hydrolysis) is 1. The molecule has 1 aromatic carbocycles. The molecule has 0 spiro atoms. The molecule has 2 N–H and O–H groups in total. The molecule has 1 atom stereocenters. The molecule has 110 valence electrons. The van der Waals surface area contributed by atoms with Crippen LogP contribution in [0.15, 0.2) is 30.3 Å². The zero-order valence-electron chi connectivity index (χ0n) is 11.6. The maximum Gasteiger partial charge on any atom is 0.407 e. The maximum atomic E-state index is 11.5. The Kier molecular flexibility index (Phi) is 5.83. The summed E-state index contributed by atoms with van der Waals surface area (Å²) in [4.78, 5) is 13.7. The fourth-order valence-corrected chi connectivity index (χ4v) is 2.28. The van der Waals surface area contributed by atoms with Crippen molar-refractivity contribution in [3.63, 3.8) is 0 Å². The summed E-state index contributed by atoms with van der Waals surface area (Å²) in [5, 5.41) is 12.1. The first-order valence-corrected chi connectivity index (χ1v) is 7.09. The predicted octanol–water partition coefficient (Wildman–Crippen LogP) is 1.37. The average Bonchev–Trinajstić information content (AvgIpc) is 2.88. The molecule has 0 radical (unpaired) electrons. The molecular weight excluding hydrogens is 256 g/mol. The number of hydrogen-bond donors (Lipinski definition) is 2. The number of nitrogens with one attached hydrogen (secondary N) is 1. The van der Waals surface area contributed by atoms with Gasteiger partial charge >= 0.3 is 6.09 Å². The molecule has 2 rings (SSSR count). The molecule has 0 bridgehead atoms. The second kappa shape index (κ2) is 7.87. The van der Waals surface area contributed by atoms with Crippen molar-refractivity contribution in [3.8, 4) is 0 Å². The van der Waals surface area contributed by atoms with Crippen molar-refractivity contribution in [2.24, 2.45) is 0 Å². The van der Waals surface area contributed by atoms with Gasteiger partial charge < -0.3 is 20.1 Å². The monoisotopic (exact) mass is 278 g/mol. The van der Waals surface area contributed by atoms with Gasteiger partial charge in [-0.05, 0) is 24.9 Å². The summed E-state index contributed by atoms with van der Waals surface area (Å²) in [6, 6.07) is 9.61. The normalized spacial score (nSPS) is 18.9. The van der Waals surface area contributed by atoms with Crippen LogP contribution in [0.4, 0.5) is 4.79 Å². The summed E-state index contributed by atoms with van der Waals surface area (Å²) in [6.07, 6.45) is 1.16. The van der Waals surface area contributed by atoms with E-state index in [1.807, 2.05) is 30.3 Å². The van der Waals surface area contributed by atoms with E-state index in [0.29, 0.717) is 13.2 Å². The van der Waals surface area contributed by atoms with Gasteiger partial charge in [-0.15, -0.1) is 0 Å². The molecule has 1 heterocycles. The van der Waals surface area contributed by atoms with Gasteiger partial charge in [0.15, 0.2) is 0 Å². The first kappa shape index (κ1) is 14.8. The highest BCUT2D eigenvalue weighted by atomic mass is 16.5. The van der Waals surface area contributed by atoms with E-state index in [-0.39, 0.29) is 12.2 Å². The largest absolute Gasteiger partial charge is 0.445 e. The molecule has 5 heteroatoms. The number of benzene rings is 1. The molecule has 1 amide bonds. The van der Waals surface area contributed by atoms with Crippen LogP contribution in [-0.2, 0) is 11.3 Å². The Labute approximate surface area is 119 Å². The first-order chi connectivity index (χ1) is 9.74. The molecule has 1 fully saturated rings. The second-order valence-electron chi connectivity index (χ2n) is 5.09. The SMILES string of the molecule is O=C(NCCCN1CC[C@@H](O)C1)OCc1ccccc1. The Morgan fingerprint density at radius 3 is 2.90 bits per heavy atom. The molecule has 0 aliphatic carbocycles. The highest BCUT2D eigenvalue weighted by Gasteiger charge is 2.19. The highest BCUT2D eigenvalue weighted by molar-refractivity contribution is 5.67. The van der Waals surface area contributed by atoms with Gasteiger partial charge in [0.1, 0.15) is 6.61 Å². The van der Waals surface area contributed by atoms with Crippen molar-refractivity contribution in [1.82, 2.24) is 10.2 Å². The number of likely N-dealkylation sites (tertiary alicyclic amines) is 1. The highest BCUT2D eigenvalue weighted by Crippen LogP contribution is 2.08. The second-order valence-corrected chi connectivity index (χ2v) is 5.09. The average molecular weight is 278 g/mol. The van der Waals surface area contributed by atoms with Gasteiger partial charge in [-0.2, -0.15) is 0 Å². The lowest BCUT2D eigenvalue weighted by molar-refractivity contribution is 0.139. The minimum Gasteiger partial charge on any atom is -0.445 e. The van der Waals surface area contributed by atoms with Gasteiger partial charge in [-0.1, -0.05) is 30.3 Å². The van der Waals surface area contributed by atoms with E-state index in [1.165, 1.54) is 0 Å². The topological polar surface area (TPSA) is 61.8 Å². The van der Waals surface area contributed by atoms with E-state index in [4.69, 9.17) is 4.74 Å². The molecule has 1 aliphatic heterocycles. The standard InChI is InChI=1S/C15H22N2O3/c18-14-7-10-17(11-14)9-4-8-16-15(19)20-12-13-5-2-1-3-6-13/h1-3,5-6,14,18H,4,7-12H2,(H,16,19)/t14-/m1/s1. The Morgan fingerprint density at radius 2 is 2.20 bits per heavy atom. The van der Waals surface area contributed by atoms with Crippen LogP contribution >= 0.6 is 0 Å². The smallest absolute Gasteiger partial charge is 0.407 e. The summed E-state index contributed by atoms with van der Waals surface area (Å²) in [5.74, 6) is 0. The first-order valence-electron chi connectivity index (χ1n) is 7.09. The number of amides is 1. The lowest BCUT2D eigenvalue weighted by atomic mass is 10.2. The Bertz CT molecular complexity index is 411. The summed E-state index contributed by atoms with van der Waals surface area (Å²) < 4.78 is 5.11.